The topological polar surface area (TPSA) is 62.1 Å². The van der Waals surface area contributed by atoms with E-state index in [9.17, 15) is 9.18 Å². The van der Waals surface area contributed by atoms with Crippen molar-refractivity contribution in [3.05, 3.63) is 65.5 Å². The van der Waals surface area contributed by atoms with Gasteiger partial charge in [0, 0.05) is 11.3 Å². The average molecular weight is 296 g/mol. The number of benzene rings is 2. The van der Waals surface area contributed by atoms with E-state index in [1.54, 1.807) is 24.3 Å². The molecule has 0 aliphatic carbocycles. The summed E-state index contributed by atoms with van der Waals surface area (Å²) in [5.74, 6) is -0.672. The molecule has 0 aromatic heterocycles. The maximum absolute atomic E-state index is 13.3. The molecule has 2 rings (SSSR count). The number of halogens is 1. The second-order valence-electron chi connectivity index (χ2n) is 4.38. The van der Waals surface area contributed by atoms with E-state index in [2.05, 4.69) is 5.32 Å². The molecule has 110 valence electrons. The minimum Gasteiger partial charge on any atom is -0.496 e. The lowest BCUT2D eigenvalue weighted by molar-refractivity contribution is -0.112. The molecule has 0 aliphatic heterocycles. The predicted molar refractivity (Wildman–Crippen MR) is 81.6 cm³/mol. The Kier molecular flexibility index (Phi) is 4.89. The van der Waals surface area contributed by atoms with Crippen molar-refractivity contribution >= 4 is 17.7 Å². The summed E-state index contributed by atoms with van der Waals surface area (Å²) >= 11 is 0. The molecular formula is C17H13FN2O2. The number of nitrogens with one attached hydrogen (secondary N) is 1. The van der Waals surface area contributed by atoms with E-state index >= 15 is 0 Å². The Bertz CT molecular complexity index is 749. The molecule has 1 amide bonds. The number of nitrogens with zero attached hydrogens (tertiary/aromatic N) is 1. The van der Waals surface area contributed by atoms with E-state index in [0.717, 1.165) is 0 Å². The largest absolute Gasteiger partial charge is 0.496 e. The lowest BCUT2D eigenvalue weighted by atomic mass is 10.1. The van der Waals surface area contributed by atoms with E-state index in [1.165, 1.54) is 31.4 Å². The Labute approximate surface area is 127 Å². The van der Waals surface area contributed by atoms with Crippen LogP contribution in [0.3, 0.4) is 0 Å². The third-order valence-electron chi connectivity index (χ3n) is 2.89. The second kappa shape index (κ2) is 7.04. The number of amides is 1. The number of para-hydroxylation sites is 1. The van der Waals surface area contributed by atoms with Gasteiger partial charge in [0.05, 0.1) is 7.11 Å². The van der Waals surface area contributed by atoms with Crippen LogP contribution in [-0.4, -0.2) is 13.0 Å². The van der Waals surface area contributed by atoms with Crippen LogP contribution in [0.4, 0.5) is 10.1 Å². The average Bonchev–Trinajstić information content (AvgIpc) is 2.53. The first kappa shape index (κ1) is 15.3. The first-order chi connectivity index (χ1) is 10.6. The molecule has 22 heavy (non-hydrogen) atoms. The minimum atomic E-state index is -0.569. The van der Waals surface area contributed by atoms with Gasteiger partial charge in [0.2, 0.25) is 0 Å². The number of nitriles is 1. The third-order valence-corrected chi connectivity index (χ3v) is 2.89. The number of carbonyl (C=O) groups excluding carboxylic acids is 1. The number of anilines is 1. The number of rotatable bonds is 4. The summed E-state index contributed by atoms with van der Waals surface area (Å²) in [6.07, 6.45) is 1.29. The Morgan fingerprint density at radius 3 is 2.64 bits per heavy atom. The number of ether oxygens (including phenoxy) is 1. The van der Waals surface area contributed by atoms with Crippen molar-refractivity contribution in [3.8, 4) is 11.8 Å². The highest BCUT2D eigenvalue weighted by Gasteiger charge is 2.11. The molecule has 0 aliphatic rings. The summed E-state index contributed by atoms with van der Waals surface area (Å²) in [6, 6.07) is 14.4. The molecule has 0 spiro atoms. The number of hydrogen-bond donors (Lipinski definition) is 1. The Morgan fingerprint density at radius 2 is 2.00 bits per heavy atom. The lowest BCUT2D eigenvalue weighted by Gasteiger charge is -2.06. The molecule has 0 unspecified atom stereocenters. The molecule has 0 saturated heterocycles. The predicted octanol–water partition coefficient (Wildman–Crippen LogP) is 3.38. The monoisotopic (exact) mass is 296 g/mol. The van der Waals surface area contributed by atoms with Crippen molar-refractivity contribution < 1.29 is 13.9 Å². The molecule has 0 fully saturated rings. The van der Waals surface area contributed by atoms with Crippen LogP contribution in [0.1, 0.15) is 5.56 Å². The van der Waals surface area contributed by atoms with Crippen molar-refractivity contribution in [3.63, 3.8) is 0 Å². The SMILES string of the molecule is COc1ccc(F)cc1/C=C(\C#N)C(=O)Nc1ccccc1. The highest BCUT2D eigenvalue weighted by Crippen LogP contribution is 2.22. The zero-order valence-electron chi connectivity index (χ0n) is 11.8. The van der Waals surface area contributed by atoms with Gasteiger partial charge in [0.1, 0.15) is 23.2 Å². The van der Waals surface area contributed by atoms with Gasteiger partial charge in [0.15, 0.2) is 0 Å². The number of hydrogen-bond acceptors (Lipinski definition) is 3. The summed E-state index contributed by atoms with van der Waals surface area (Å²) in [4.78, 5) is 12.1. The van der Waals surface area contributed by atoms with Crippen molar-refractivity contribution in [1.82, 2.24) is 0 Å². The van der Waals surface area contributed by atoms with Gasteiger partial charge in [0.25, 0.3) is 5.91 Å². The van der Waals surface area contributed by atoms with Crippen molar-refractivity contribution in [2.75, 3.05) is 12.4 Å². The van der Waals surface area contributed by atoms with Crippen LogP contribution in [0, 0.1) is 17.1 Å². The summed E-state index contributed by atoms with van der Waals surface area (Å²) in [7, 11) is 1.43. The molecule has 2 aromatic carbocycles. The van der Waals surface area contributed by atoms with Gasteiger partial charge >= 0.3 is 0 Å². The standard InChI is InChI=1S/C17H13FN2O2/c1-22-16-8-7-14(18)10-12(16)9-13(11-19)17(21)20-15-5-3-2-4-6-15/h2-10H,1H3,(H,20,21)/b13-9+. The Balaban J connectivity index is 2.30. The van der Waals surface area contributed by atoms with Gasteiger partial charge in [-0.3, -0.25) is 4.79 Å². The van der Waals surface area contributed by atoms with E-state index in [-0.39, 0.29) is 5.57 Å². The van der Waals surface area contributed by atoms with Crippen LogP contribution < -0.4 is 10.1 Å². The van der Waals surface area contributed by atoms with Crippen LogP contribution in [-0.2, 0) is 4.79 Å². The molecule has 2 aromatic rings. The first-order valence-electron chi connectivity index (χ1n) is 6.46. The summed E-state index contributed by atoms with van der Waals surface area (Å²) < 4.78 is 18.4. The van der Waals surface area contributed by atoms with Crippen molar-refractivity contribution in [1.29, 1.82) is 5.26 Å². The Morgan fingerprint density at radius 1 is 1.27 bits per heavy atom. The molecule has 0 bridgehead atoms. The minimum absolute atomic E-state index is 0.146. The van der Waals surface area contributed by atoms with Crippen LogP contribution in [0.2, 0.25) is 0 Å². The van der Waals surface area contributed by atoms with E-state index in [4.69, 9.17) is 10.00 Å². The lowest BCUT2D eigenvalue weighted by Crippen LogP contribution is -2.13. The summed E-state index contributed by atoms with van der Waals surface area (Å²) in [5.41, 5.74) is 0.745. The Hall–Kier alpha value is -3.13. The first-order valence-corrected chi connectivity index (χ1v) is 6.46. The number of carbonyl (C=O) groups is 1. The maximum Gasteiger partial charge on any atom is 0.266 e. The molecule has 1 N–H and O–H groups in total. The molecular weight excluding hydrogens is 283 g/mol. The van der Waals surface area contributed by atoms with E-state index < -0.39 is 11.7 Å². The maximum atomic E-state index is 13.3. The molecule has 0 heterocycles. The zero-order valence-corrected chi connectivity index (χ0v) is 11.8. The van der Waals surface area contributed by atoms with Gasteiger partial charge in [-0.2, -0.15) is 5.26 Å². The van der Waals surface area contributed by atoms with Crippen LogP contribution in [0.15, 0.2) is 54.1 Å². The summed E-state index contributed by atoms with van der Waals surface area (Å²) in [6.45, 7) is 0. The number of methoxy groups -OCH3 is 1. The van der Waals surface area contributed by atoms with Gasteiger partial charge in [-0.15, -0.1) is 0 Å². The smallest absolute Gasteiger partial charge is 0.266 e. The fourth-order valence-electron chi connectivity index (χ4n) is 1.84. The van der Waals surface area contributed by atoms with E-state index in [1.807, 2.05) is 12.1 Å². The zero-order chi connectivity index (χ0) is 15.9. The summed E-state index contributed by atoms with van der Waals surface area (Å²) in [5, 5.41) is 11.8. The molecule has 4 nitrogen and oxygen atoms in total. The van der Waals surface area contributed by atoms with Gasteiger partial charge < -0.3 is 10.1 Å². The highest BCUT2D eigenvalue weighted by atomic mass is 19.1. The van der Waals surface area contributed by atoms with Crippen molar-refractivity contribution in [2.45, 2.75) is 0 Å². The highest BCUT2D eigenvalue weighted by molar-refractivity contribution is 6.09. The van der Waals surface area contributed by atoms with Crippen LogP contribution >= 0.6 is 0 Å². The van der Waals surface area contributed by atoms with Gasteiger partial charge in [-0.25, -0.2) is 4.39 Å². The fourth-order valence-corrected chi connectivity index (χ4v) is 1.84. The van der Waals surface area contributed by atoms with Gasteiger partial charge in [-0.05, 0) is 36.4 Å². The van der Waals surface area contributed by atoms with Crippen LogP contribution in [0.25, 0.3) is 6.08 Å². The quantitative estimate of drug-likeness (QED) is 0.695. The van der Waals surface area contributed by atoms with Crippen molar-refractivity contribution in [2.24, 2.45) is 0 Å². The molecule has 0 atom stereocenters. The molecule has 0 saturated carbocycles. The molecule has 0 radical (unpaired) electrons. The molecule has 5 heteroatoms. The normalized spacial score (nSPS) is 10.7. The fraction of sp³-hybridized carbons (Fsp3) is 0.0588. The van der Waals surface area contributed by atoms with Gasteiger partial charge in [-0.1, -0.05) is 18.2 Å². The third kappa shape index (κ3) is 3.70. The van der Waals surface area contributed by atoms with Crippen LogP contribution in [0.5, 0.6) is 5.75 Å². The second-order valence-corrected chi connectivity index (χ2v) is 4.38. The van der Waals surface area contributed by atoms with E-state index in [0.29, 0.717) is 17.0 Å².